The summed E-state index contributed by atoms with van der Waals surface area (Å²) in [6, 6.07) is 6.04. The van der Waals surface area contributed by atoms with E-state index in [0.717, 1.165) is 12.8 Å². The summed E-state index contributed by atoms with van der Waals surface area (Å²) in [6.45, 7) is 0.436. The lowest BCUT2D eigenvalue weighted by atomic mass is 9.85. The number of carbonyl (C=O) groups excluding carboxylic acids is 2. The Kier molecular flexibility index (Phi) is 6.06. The summed E-state index contributed by atoms with van der Waals surface area (Å²) in [7, 11) is 1.71. The van der Waals surface area contributed by atoms with Crippen molar-refractivity contribution in [3.63, 3.8) is 0 Å². The Morgan fingerprint density at radius 3 is 2.70 bits per heavy atom. The highest BCUT2D eigenvalue weighted by Gasteiger charge is 2.43. The van der Waals surface area contributed by atoms with E-state index in [9.17, 15) is 14.0 Å². The van der Waals surface area contributed by atoms with E-state index in [2.05, 4.69) is 5.32 Å². The van der Waals surface area contributed by atoms with Crippen LogP contribution in [0.25, 0.3) is 0 Å². The van der Waals surface area contributed by atoms with Gasteiger partial charge in [-0.2, -0.15) is 0 Å². The van der Waals surface area contributed by atoms with Crippen LogP contribution in [0.4, 0.5) is 10.1 Å². The Bertz CT molecular complexity index is 702. The van der Waals surface area contributed by atoms with Crippen LogP contribution < -0.4 is 10.2 Å². The predicted octanol–water partition coefficient (Wildman–Crippen LogP) is 2.73. The normalized spacial score (nSPS) is 30.0. The molecule has 3 fully saturated rings. The first-order valence-electron chi connectivity index (χ1n) is 9.65. The lowest BCUT2D eigenvalue weighted by Gasteiger charge is -2.27. The Morgan fingerprint density at radius 1 is 1.22 bits per heavy atom. The van der Waals surface area contributed by atoms with Crippen LogP contribution in [-0.2, 0) is 9.59 Å². The quantitative estimate of drug-likeness (QED) is 0.856. The maximum absolute atomic E-state index is 14.0. The lowest BCUT2D eigenvalue weighted by molar-refractivity contribution is -0.138. The number of carbonyl (C=O) groups is 2. The van der Waals surface area contributed by atoms with Gasteiger partial charge in [0.15, 0.2) is 0 Å². The average Bonchev–Trinajstić information content (AvgIpc) is 3.24. The number of rotatable bonds is 3. The van der Waals surface area contributed by atoms with E-state index >= 15 is 0 Å². The van der Waals surface area contributed by atoms with Gasteiger partial charge < -0.3 is 15.1 Å². The van der Waals surface area contributed by atoms with E-state index in [1.807, 2.05) is 0 Å². The summed E-state index contributed by atoms with van der Waals surface area (Å²) in [5, 5.41) is 3.49. The highest BCUT2D eigenvalue weighted by Crippen LogP contribution is 2.34. The van der Waals surface area contributed by atoms with Gasteiger partial charge in [-0.15, -0.1) is 12.4 Å². The van der Waals surface area contributed by atoms with Gasteiger partial charge in [0.1, 0.15) is 11.9 Å². The second kappa shape index (κ2) is 8.15. The van der Waals surface area contributed by atoms with Crippen molar-refractivity contribution in [1.82, 2.24) is 10.2 Å². The molecule has 27 heavy (non-hydrogen) atoms. The maximum atomic E-state index is 14.0. The summed E-state index contributed by atoms with van der Waals surface area (Å²) in [4.78, 5) is 28.8. The van der Waals surface area contributed by atoms with Crippen LogP contribution in [0, 0.1) is 11.7 Å². The largest absolute Gasteiger partial charge is 0.332 e. The zero-order valence-electron chi connectivity index (χ0n) is 15.6. The van der Waals surface area contributed by atoms with Crippen LogP contribution in [0.2, 0.25) is 0 Å². The number of hydrogen-bond acceptors (Lipinski definition) is 3. The zero-order valence-corrected chi connectivity index (χ0v) is 16.4. The average molecular weight is 396 g/mol. The molecule has 2 amide bonds. The molecule has 1 aromatic carbocycles. The molecular formula is C20H27ClFN3O2. The molecule has 1 aromatic rings. The molecule has 7 heteroatoms. The zero-order chi connectivity index (χ0) is 18.3. The molecule has 3 aliphatic rings. The van der Waals surface area contributed by atoms with Gasteiger partial charge >= 0.3 is 0 Å². The predicted molar refractivity (Wildman–Crippen MR) is 104 cm³/mol. The van der Waals surface area contributed by atoms with Crippen LogP contribution in [-0.4, -0.2) is 48.4 Å². The van der Waals surface area contributed by atoms with Crippen LogP contribution in [0.3, 0.4) is 0 Å². The summed E-state index contributed by atoms with van der Waals surface area (Å²) in [6.07, 6.45) is 6.21. The third kappa shape index (κ3) is 3.69. The fourth-order valence-electron chi connectivity index (χ4n) is 4.84. The molecule has 0 radical (unpaired) electrons. The molecule has 4 rings (SSSR count). The number of likely N-dealkylation sites (N-methyl/N-ethyl adjacent to an activating group) is 1. The molecule has 4 atom stereocenters. The van der Waals surface area contributed by atoms with Gasteiger partial charge in [0.05, 0.1) is 11.7 Å². The minimum Gasteiger partial charge on any atom is -0.332 e. The number of halogens is 2. The van der Waals surface area contributed by atoms with Crippen molar-refractivity contribution in [2.24, 2.45) is 5.92 Å². The monoisotopic (exact) mass is 395 g/mol. The molecule has 2 aliphatic heterocycles. The topological polar surface area (TPSA) is 52.7 Å². The first kappa shape index (κ1) is 20.1. The molecule has 1 saturated carbocycles. The fourth-order valence-corrected chi connectivity index (χ4v) is 4.84. The van der Waals surface area contributed by atoms with Crippen molar-refractivity contribution in [3.8, 4) is 0 Å². The van der Waals surface area contributed by atoms with E-state index in [0.29, 0.717) is 30.6 Å². The number of benzene rings is 1. The SMILES string of the molecule is CN(C(=O)C1CC2CCCCC2N1)C1CCN(c2ccccc2F)C1=O.Cl. The highest BCUT2D eigenvalue weighted by molar-refractivity contribution is 6.01. The number of fused-ring (bicyclic) bond motifs is 1. The summed E-state index contributed by atoms with van der Waals surface area (Å²) < 4.78 is 14.0. The van der Waals surface area contributed by atoms with Gasteiger partial charge in [-0.3, -0.25) is 9.59 Å². The molecule has 2 saturated heterocycles. The third-order valence-corrected chi connectivity index (χ3v) is 6.30. The van der Waals surface area contributed by atoms with E-state index < -0.39 is 11.9 Å². The summed E-state index contributed by atoms with van der Waals surface area (Å²) >= 11 is 0. The van der Waals surface area contributed by atoms with Crippen molar-refractivity contribution in [1.29, 1.82) is 0 Å². The molecule has 1 aliphatic carbocycles. The van der Waals surface area contributed by atoms with E-state index in [1.165, 1.54) is 30.2 Å². The second-order valence-corrected chi connectivity index (χ2v) is 7.80. The first-order valence-corrected chi connectivity index (χ1v) is 9.65. The molecule has 148 valence electrons. The first-order chi connectivity index (χ1) is 12.6. The number of nitrogens with one attached hydrogen (secondary N) is 1. The molecule has 0 aromatic heterocycles. The Hall–Kier alpha value is -1.66. The van der Waals surface area contributed by atoms with E-state index in [4.69, 9.17) is 0 Å². The molecule has 1 N–H and O–H groups in total. The Balaban J connectivity index is 0.00000210. The van der Waals surface area contributed by atoms with Crippen molar-refractivity contribution < 1.29 is 14.0 Å². The number of para-hydroxylation sites is 1. The summed E-state index contributed by atoms with van der Waals surface area (Å²) in [5.41, 5.74) is 0.297. The van der Waals surface area contributed by atoms with Crippen molar-refractivity contribution >= 4 is 29.9 Å². The van der Waals surface area contributed by atoms with Crippen LogP contribution >= 0.6 is 12.4 Å². The molecular weight excluding hydrogens is 369 g/mol. The summed E-state index contributed by atoms with van der Waals surface area (Å²) in [5.74, 6) is -0.0215. The number of amides is 2. The standard InChI is InChI=1S/C20H26FN3O2.ClH/c1-23(19(25)16-12-13-6-2-4-8-15(13)22-16)18-10-11-24(20(18)26)17-9-5-3-7-14(17)21;/h3,5,7,9,13,15-16,18,22H,2,4,6,8,10-12H2,1H3;1H. The number of hydrogen-bond donors (Lipinski definition) is 1. The van der Waals surface area contributed by atoms with E-state index in [1.54, 1.807) is 30.1 Å². The third-order valence-electron chi connectivity index (χ3n) is 6.30. The number of anilines is 1. The minimum absolute atomic E-state index is 0. The van der Waals surface area contributed by atoms with Gasteiger partial charge in [0.25, 0.3) is 0 Å². The van der Waals surface area contributed by atoms with Crippen LogP contribution in [0.5, 0.6) is 0 Å². The maximum Gasteiger partial charge on any atom is 0.249 e. The van der Waals surface area contributed by atoms with E-state index in [-0.39, 0.29) is 30.3 Å². The highest BCUT2D eigenvalue weighted by atomic mass is 35.5. The molecule has 4 unspecified atom stereocenters. The lowest BCUT2D eigenvalue weighted by Crippen LogP contribution is -2.50. The molecule has 2 heterocycles. The number of nitrogens with zero attached hydrogens (tertiary/aromatic N) is 2. The van der Waals surface area contributed by atoms with Crippen LogP contribution in [0.15, 0.2) is 24.3 Å². The van der Waals surface area contributed by atoms with Gasteiger partial charge in [-0.05, 0) is 43.7 Å². The van der Waals surface area contributed by atoms with Gasteiger partial charge in [-0.1, -0.05) is 25.0 Å². The van der Waals surface area contributed by atoms with Crippen LogP contribution in [0.1, 0.15) is 38.5 Å². The van der Waals surface area contributed by atoms with Crippen molar-refractivity contribution in [3.05, 3.63) is 30.1 Å². The Morgan fingerprint density at radius 2 is 1.96 bits per heavy atom. The van der Waals surface area contributed by atoms with Gasteiger partial charge in [-0.25, -0.2) is 4.39 Å². The minimum atomic E-state index is -0.508. The molecule has 0 bridgehead atoms. The van der Waals surface area contributed by atoms with Crippen molar-refractivity contribution in [2.75, 3.05) is 18.5 Å². The van der Waals surface area contributed by atoms with Gasteiger partial charge in [0, 0.05) is 19.6 Å². The molecule has 0 spiro atoms. The van der Waals surface area contributed by atoms with Crippen molar-refractivity contribution in [2.45, 2.75) is 56.7 Å². The fraction of sp³-hybridized carbons (Fsp3) is 0.600. The van der Waals surface area contributed by atoms with Gasteiger partial charge in [0.2, 0.25) is 11.8 Å². The molecule has 5 nitrogen and oxygen atoms in total. The Labute approximate surface area is 165 Å². The second-order valence-electron chi connectivity index (χ2n) is 7.80. The smallest absolute Gasteiger partial charge is 0.249 e.